The van der Waals surface area contributed by atoms with Crippen LogP contribution in [0.15, 0.2) is 47.1 Å². The first-order valence-electron chi connectivity index (χ1n) is 9.65. The molecule has 1 unspecified atom stereocenters. The molecule has 3 aromatic heterocycles. The molecule has 4 nitrogen and oxygen atoms in total. The largest absolute Gasteiger partial charge is 0.464 e. The van der Waals surface area contributed by atoms with Crippen molar-refractivity contribution in [3.8, 4) is 34.1 Å². The van der Waals surface area contributed by atoms with Crippen LogP contribution < -0.4 is 9.47 Å². The molecule has 0 bridgehead atoms. The minimum Gasteiger partial charge on any atom is -0.464 e. The van der Waals surface area contributed by atoms with Gasteiger partial charge >= 0.3 is 0 Å². The van der Waals surface area contributed by atoms with Crippen molar-refractivity contribution in [2.45, 2.75) is 26.2 Å². The van der Waals surface area contributed by atoms with E-state index in [1.54, 1.807) is 6.26 Å². The van der Waals surface area contributed by atoms with Gasteiger partial charge in [0.05, 0.1) is 12.0 Å². The Bertz CT molecular complexity index is 1190. The number of aryl methyl sites for hydroxylation is 1. The average Bonchev–Trinajstić information content (AvgIpc) is 3.44. The Balaban J connectivity index is 1.59. The van der Waals surface area contributed by atoms with Gasteiger partial charge in [-0.05, 0) is 67.1 Å². The van der Waals surface area contributed by atoms with Crippen molar-refractivity contribution in [2.75, 3.05) is 6.79 Å². The number of pyridine rings is 1. The fourth-order valence-corrected chi connectivity index (χ4v) is 5.68. The third kappa shape index (κ3) is 2.46. The Morgan fingerprint density at radius 3 is 2.93 bits per heavy atom. The second-order valence-corrected chi connectivity index (χ2v) is 8.72. The van der Waals surface area contributed by atoms with Crippen molar-refractivity contribution in [1.29, 1.82) is 0 Å². The zero-order valence-corrected chi connectivity index (χ0v) is 16.3. The van der Waals surface area contributed by atoms with Crippen molar-refractivity contribution < 1.29 is 13.9 Å². The highest BCUT2D eigenvalue weighted by Crippen LogP contribution is 2.44. The Hall–Kier alpha value is -2.79. The quantitative estimate of drug-likeness (QED) is 0.417. The van der Waals surface area contributed by atoms with Crippen molar-refractivity contribution in [1.82, 2.24) is 4.98 Å². The van der Waals surface area contributed by atoms with Crippen LogP contribution in [-0.2, 0) is 12.8 Å². The first-order chi connectivity index (χ1) is 13.8. The molecule has 1 aliphatic heterocycles. The highest BCUT2D eigenvalue weighted by Gasteiger charge is 2.25. The molecule has 1 aliphatic carbocycles. The number of hydrogen-bond acceptors (Lipinski definition) is 5. The van der Waals surface area contributed by atoms with Crippen LogP contribution in [0.25, 0.3) is 32.8 Å². The predicted molar refractivity (Wildman–Crippen MR) is 110 cm³/mol. The molecule has 4 aromatic rings. The fraction of sp³-hybridized carbons (Fsp3) is 0.261. The molecule has 0 N–H and O–H groups in total. The van der Waals surface area contributed by atoms with E-state index in [4.69, 9.17) is 18.9 Å². The Labute approximate surface area is 166 Å². The van der Waals surface area contributed by atoms with E-state index in [2.05, 4.69) is 13.0 Å². The summed E-state index contributed by atoms with van der Waals surface area (Å²) in [6, 6.07) is 12.2. The molecule has 2 aliphatic rings. The van der Waals surface area contributed by atoms with Crippen LogP contribution in [0.3, 0.4) is 0 Å². The molecule has 0 radical (unpaired) electrons. The van der Waals surface area contributed by atoms with Crippen molar-refractivity contribution in [3.63, 3.8) is 0 Å². The molecular weight excluding hydrogens is 370 g/mol. The van der Waals surface area contributed by atoms with Crippen LogP contribution in [0.5, 0.6) is 11.5 Å². The van der Waals surface area contributed by atoms with E-state index in [1.165, 1.54) is 22.2 Å². The molecule has 6 rings (SSSR count). The first-order valence-corrected chi connectivity index (χ1v) is 10.5. The number of thiophene rings is 1. The smallest absolute Gasteiger partial charge is 0.231 e. The Morgan fingerprint density at radius 2 is 2.04 bits per heavy atom. The van der Waals surface area contributed by atoms with Gasteiger partial charge in [0.25, 0.3) is 0 Å². The van der Waals surface area contributed by atoms with E-state index < -0.39 is 0 Å². The molecule has 0 spiro atoms. The van der Waals surface area contributed by atoms with Crippen molar-refractivity contribution in [2.24, 2.45) is 5.92 Å². The minimum absolute atomic E-state index is 0.277. The summed E-state index contributed by atoms with van der Waals surface area (Å²) in [6.45, 7) is 2.62. The summed E-state index contributed by atoms with van der Waals surface area (Å²) in [5.74, 6) is 3.20. The lowest BCUT2D eigenvalue weighted by Crippen LogP contribution is -2.08. The Kier molecular flexibility index (Phi) is 3.53. The van der Waals surface area contributed by atoms with E-state index in [0.29, 0.717) is 0 Å². The molecule has 1 atom stereocenters. The fourth-order valence-electron chi connectivity index (χ4n) is 4.27. The monoisotopic (exact) mass is 389 g/mol. The number of aromatic nitrogens is 1. The van der Waals surface area contributed by atoms with E-state index in [1.807, 2.05) is 41.7 Å². The van der Waals surface area contributed by atoms with Gasteiger partial charge in [-0.2, -0.15) is 0 Å². The zero-order chi connectivity index (χ0) is 18.7. The van der Waals surface area contributed by atoms with Crippen LogP contribution in [0.1, 0.15) is 23.8 Å². The summed E-state index contributed by atoms with van der Waals surface area (Å²) in [7, 11) is 0. The molecule has 1 aromatic carbocycles. The highest BCUT2D eigenvalue weighted by molar-refractivity contribution is 7.19. The molecule has 4 heterocycles. The van der Waals surface area contributed by atoms with Crippen LogP contribution in [-0.4, -0.2) is 11.8 Å². The zero-order valence-electron chi connectivity index (χ0n) is 15.5. The molecule has 0 saturated heterocycles. The van der Waals surface area contributed by atoms with Gasteiger partial charge in [0.1, 0.15) is 10.6 Å². The number of benzene rings is 1. The van der Waals surface area contributed by atoms with Gasteiger partial charge < -0.3 is 13.9 Å². The predicted octanol–water partition coefficient (Wildman–Crippen LogP) is 6.08. The van der Waals surface area contributed by atoms with Crippen LogP contribution in [0.4, 0.5) is 0 Å². The molecule has 28 heavy (non-hydrogen) atoms. The Morgan fingerprint density at radius 1 is 1.11 bits per heavy atom. The summed E-state index contributed by atoms with van der Waals surface area (Å²) in [5, 5.41) is 1.27. The summed E-state index contributed by atoms with van der Waals surface area (Å²) in [5.41, 5.74) is 4.56. The minimum atomic E-state index is 0.277. The van der Waals surface area contributed by atoms with Gasteiger partial charge in [-0.15, -0.1) is 11.3 Å². The second-order valence-electron chi connectivity index (χ2n) is 7.63. The molecule has 0 saturated carbocycles. The maximum atomic E-state index is 5.81. The maximum absolute atomic E-state index is 5.81. The van der Waals surface area contributed by atoms with Gasteiger partial charge in [-0.25, -0.2) is 4.98 Å². The summed E-state index contributed by atoms with van der Waals surface area (Å²) in [4.78, 5) is 7.63. The van der Waals surface area contributed by atoms with Gasteiger partial charge in [0.15, 0.2) is 11.5 Å². The standard InChI is InChI=1S/C23H19NO3S/c1-13-4-6-15-21(9-13)28-23-22(15)16(18-3-2-8-25-18)11-17(24-23)14-5-7-19-20(10-14)27-12-26-19/h2-3,5,7-8,10-11,13H,4,6,9,12H2,1H3. The van der Waals surface area contributed by atoms with Crippen LogP contribution in [0, 0.1) is 5.92 Å². The molecule has 140 valence electrons. The number of rotatable bonds is 2. The van der Waals surface area contributed by atoms with E-state index >= 15 is 0 Å². The third-order valence-corrected chi connectivity index (χ3v) is 6.87. The van der Waals surface area contributed by atoms with Crippen LogP contribution in [0.2, 0.25) is 0 Å². The van der Waals surface area contributed by atoms with E-state index in [0.717, 1.165) is 57.7 Å². The molecule has 5 heteroatoms. The van der Waals surface area contributed by atoms with Gasteiger partial charge in [0, 0.05) is 21.4 Å². The van der Waals surface area contributed by atoms with Gasteiger partial charge in [0.2, 0.25) is 6.79 Å². The summed E-state index contributed by atoms with van der Waals surface area (Å²) < 4.78 is 16.8. The number of furan rings is 1. The third-order valence-electron chi connectivity index (χ3n) is 5.72. The molecule has 0 fully saturated rings. The summed E-state index contributed by atoms with van der Waals surface area (Å²) in [6.07, 6.45) is 5.24. The number of nitrogens with zero attached hydrogens (tertiary/aromatic N) is 1. The lowest BCUT2D eigenvalue weighted by atomic mass is 9.88. The van der Waals surface area contributed by atoms with Crippen molar-refractivity contribution >= 4 is 21.6 Å². The number of fused-ring (bicyclic) bond motifs is 4. The first kappa shape index (κ1) is 16.2. The second kappa shape index (κ2) is 6.11. The van der Waals surface area contributed by atoms with E-state index in [-0.39, 0.29) is 6.79 Å². The maximum Gasteiger partial charge on any atom is 0.231 e. The number of hydrogen-bond donors (Lipinski definition) is 0. The van der Waals surface area contributed by atoms with Gasteiger partial charge in [-0.3, -0.25) is 0 Å². The number of ether oxygens (including phenoxy) is 2. The molecular formula is C23H19NO3S. The highest BCUT2D eigenvalue weighted by atomic mass is 32.1. The lowest BCUT2D eigenvalue weighted by Gasteiger charge is -2.18. The topological polar surface area (TPSA) is 44.5 Å². The SMILES string of the molecule is CC1CCc2c(sc3nc(-c4ccc5c(c4)OCO5)cc(-c4ccco4)c23)C1. The van der Waals surface area contributed by atoms with E-state index in [9.17, 15) is 0 Å². The molecule has 0 amide bonds. The van der Waals surface area contributed by atoms with Crippen LogP contribution >= 0.6 is 11.3 Å². The lowest BCUT2D eigenvalue weighted by molar-refractivity contribution is 0.174. The van der Waals surface area contributed by atoms with Crippen molar-refractivity contribution in [3.05, 3.63) is 53.1 Å². The normalized spacial score (nSPS) is 17.8. The average molecular weight is 389 g/mol. The summed E-state index contributed by atoms with van der Waals surface area (Å²) >= 11 is 1.84. The van der Waals surface area contributed by atoms with Gasteiger partial charge in [-0.1, -0.05) is 6.92 Å².